The van der Waals surface area contributed by atoms with Crippen LogP contribution in [0.25, 0.3) is 0 Å². The monoisotopic (exact) mass is 325 g/mol. The number of hydrogen-bond acceptors (Lipinski definition) is 5. The molecular weight excluding hydrogens is 306 g/mol. The van der Waals surface area contributed by atoms with Crippen LogP contribution in [0.4, 0.5) is 0 Å². The van der Waals surface area contributed by atoms with Crippen molar-refractivity contribution in [1.82, 2.24) is 15.0 Å². The number of hydrogen-bond donors (Lipinski definition) is 2. The Labute approximate surface area is 129 Å². The van der Waals surface area contributed by atoms with Gasteiger partial charge in [0.1, 0.15) is 0 Å². The van der Waals surface area contributed by atoms with Gasteiger partial charge in [-0.2, -0.15) is 0 Å². The van der Waals surface area contributed by atoms with Crippen LogP contribution < -0.4 is 10.0 Å². The van der Waals surface area contributed by atoms with Crippen LogP contribution in [0.1, 0.15) is 21.7 Å². The first-order valence-corrected chi connectivity index (χ1v) is 8.93. The van der Waals surface area contributed by atoms with Gasteiger partial charge in [-0.3, -0.25) is 0 Å². The number of thiazole rings is 1. The van der Waals surface area contributed by atoms with Gasteiger partial charge in [-0.05, 0) is 38.1 Å². The molecule has 1 aromatic carbocycles. The molecule has 0 amide bonds. The Morgan fingerprint density at radius 2 is 2.00 bits per heavy atom. The zero-order valence-corrected chi connectivity index (χ0v) is 13.9. The summed E-state index contributed by atoms with van der Waals surface area (Å²) in [5, 5.41) is 3.04. The Kier molecular flexibility index (Phi) is 5.10. The van der Waals surface area contributed by atoms with E-state index in [1.807, 2.05) is 27.0 Å². The van der Waals surface area contributed by atoms with Gasteiger partial charge in [0.25, 0.3) is 0 Å². The number of benzene rings is 1. The summed E-state index contributed by atoms with van der Waals surface area (Å²) in [5.74, 6) is 0. The van der Waals surface area contributed by atoms with Crippen molar-refractivity contribution in [2.45, 2.75) is 31.8 Å². The Balaban J connectivity index is 2.23. The molecule has 5 nitrogen and oxygen atoms in total. The van der Waals surface area contributed by atoms with E-state index < -0.39 is 10.0 Å². The first-order valence-electron chi connectivity index (χ1n) is 6.57. The largest absolute Gasteiger partial charge is 0.316 e. The lowest BCUT2D eigenvalue weighted by Crippen LogP contribution is -2.24. The molecule has 1 heterocycles. The average molecular weight is 325 g/mol. The van der Waals surface area contributed by atoms with Gasteiger partial charge in [-0.25, -0.2) is 18.1 Å². The first-order chi connectivity index (χ1) is 9.95. The van der Waals surface area contributed by atoms with Gasteiger partial charge in [0, 0.05) is 18.0 Å². The quantitative estimate of drug-likeness (QED) is 0.852. The van der Waals surface area contributed by atoms with Gasteiger partial charge in [0.15, 0.2) is 0 Å². The highest BCUT2D eigenvalue weighted by Crippen LogP contribution is 2.20. The van der Waals surface area contributed by atoms with Gasteiger partial charge in [-0.15, -0.1) is 11.3 Å². The van der Waals surface area contributed by atoms with Crippen molar-refractivity contribution in [3.05, 3.63) is 45.4 Å². The van der Waals surface area contributed by atoms with Crippen molar-refractivity contribution in [3.63, 3.8) is 0 Å². The zero-order chi connectivity index (χ0) is 15.5. The van der Waals surface area contributed by atoms with E-state index in [-0.39, 0.29) is 6.54 Å². The zero-order valence-electron chi connectivity index (χ0n) is 12.3. The lowest BCUT2D eigenvalue weighted by Gasteiger charge is -2.12. The Hall–Kier alpha value is -1.28. The van der Waals surface area contributed by atoms with Crippen molar-refractivity contribution >= 4 is 21.4 Å². The van der Waals surface area contributed by atoms with E-state index in [1.165, 1.54) is 11.3 Å². The van der Waals surface area contributed by atoms with Crippen LogP contribution in [0.2, 0.25) is 0 Å². The molecule has 2 aromatic rings. The summed E-state index contributed by atoms with van der Waals surface area (Å²) in [6.07, 6.45) is 0. The fourth-order valence-corrected chi connectivity index (χ4v) is 4.16. The minimum Gasteiger partial charge on any atom is -0.316 e. The third-order valence-corrected chi connectivity index (χ3v) is 5.80. The molecule has 21 heavy (non-hydrogen) atoms. The molecule has 2 rings (SSSR count). The van der Waals surface area contributed by atoms with Crippen LogP contribution in [-0.4, -0.2) is 20.4 Å². The maximum absolute atomic E-state index is 12.5. The van der Waals surface area contributed by atoms with Crippen LogP contribution >= 0.6 is 11.3 Å². The van der Waals surface area contributed by atoms with Crippen molar-refractivity contribution in [2.24, 2.45) is 0 Å². The highest BCUT2D eigenvalue weighted by Gasteiger charge is 2.18. The second-order valence-corrected chi connectivity index (χ2v) is 7.43. The lowest BCUT2D eigenvalue weighted by atomic mass is 10.1. The number of nitrogens with zero attached hydrogens (tertiary/aromatic N) is 1. The van der Waals surface area contributed by atoms with Crippen molar-refractivity contribution in [2.75, 3.05) is 7.05 Å². The van der Waals surface area contributed by atoms with E-state index in [9.17, 15) is 8.42 Å². The summed E-state index contributed by atoms with van der Waals surface area (Å²) in [5.41, 5.74) is 4.34. The summed E-state index contributed by atoms with van der Waals surface area (Å²) in [6.45, 7) is 4.62. The van der Waals surface area contributed by atoms with Crippen LogP contribution in [0.15, 0.2) is 28.6 Å². The van der Waals surface area contributed by atoms with Gasteiger partial charge in [0.05, 0.1) is 16.1 Å². The highest BCUT2D eigenvalue weighted by molar-refractivity contribution is 7.89. The summed E-state index contributed by atoms with van der Waals surface area (Å²) in [4.78, 5) is 5.39. The highest BCUT2D eigenvalue weighted by atomic mass is 32.2. The van der Waals surface area contributed by atoms with Crippen LogP contribution in [0, 0.1) is 13.8 Å². The summed E-state index contributed by atoms with van der Waals surface area (Å²) < 4.78 is 27.6. The van der Waals surface area contributed by atoms with Crippen molar-refractivity contribution in [1.29, 1.82) is 0 Å². The van der Waals surface area contributed by atoms with E-state index in [0.29, 0.717) is 11.4 Å². The molecule has 7 heteroatoms. The molecule has 1 aromatic heterocycles. The van der Waals surface area contributed by atoms with E-state index in [1.54, 1.807) is 17.6 Å². The number of nitrogens with one attached hydrogen (secondary N) is 2. The van der Waals surface area contributed by atoms with Crippen molar-refractivity contribution < 1.29 is 8.42 Å². The maximum Gasteiger partial charge on any atom is 0.241 e. The molecule has 0 radical (unpaired) electrons. The molecule has 114 valence electrons. The Bertz CT molecular complexity index is 724. The maximum atomic E-state index is 12.5. The summed E-state index contributed by atoms with van der Waals surface area (Å²) in [7, 11) is -1.68. The second-order valence-electron chi connectivity index (χ2n) is 4.76. The molecule has 0 saturated heterocycles. The number of sulfonamides is 1. The third kappa shape index (κ3) is 3.68. The predicted octanol–water partition coefficient (Wildman–Crippen LogP) is 1.96. The van der Waals surface area contributed by atoms with Gasteiger partial charge in [-0.1, -0.05) is 12.1 Å². The van der Waals surface area contributed by atoms with Crippen LogP contribution in [0.5, 0.6) is 0 Å². The molecule has 0 fully saturated rings. The molecular formula is C14H19N3O2S2. The third-order valence-electron chi connectivity index (χ3n) is 3.32. The van der Waals surface area contributed by atoms with E-state index >= 15 is 0 Å². The number of rotatable bonds is 6. The topological polar surface area (TPSA) is 71.1 Å². The van der Waals surface area contributed by atoms with E-state index in [4.69, 9.17) is 0 Å². The number of aryl methyl sites for hydroxylation is 1. The van der Waals surface area contributed by atoms with Gasteiger partial charge in [0.2, 0.25) is 10.0 Å². The molecule has 0 unspecified atom stereocenters. The van der Waals surface area contributed by atoms with Crippen LogP contribution in [-0.2, 0) is 23.1 Å². The van der Waals surface area contributed by atoms with Crippen LogP contribution in [0.3, 0.4) is 0 Å². The predicted molar refractivity (Wildman–Crippen MR) is 84.8 cm³/mol. The standard InChI is InChI=1S/C14H19N3O2S2/c1-10-12(7-15-3)5-4-6-14(10)21(18,19)17-8-13-11(2)16-9-20-13/h4-6,9,15,17H,7-8H2,1-3H3. The van der Waals surface area contributed by atoms with E-state index in [0.717, 1.165) is 21.7 Å². The fourth-order valence-electron chi connectivity index (χ4n) is 2.07. The minimum atomic E-state index is -3.52. The molecule has 0 saturated carbocycles. The Morgan fingerprint density at radius 3 is 2.62 bits per heavy atom. The average Bonchev–Trinajstić information content (AvgIpc) is 2.84. The normalized spacial score (nSPS) is 11.8. The SMILES string of the molecule is CNCc1cccc(S(=O)(=O)NCc2scnc2C)c1C. The molecule has 0 atom stereocenters. The molecule has 0 spiro atoms. The second kappa shape index (κ2) is 6.65. The van der Waals surface area contributed by atoms with Gasteiger partial charge >= 0.3 is 0 Å². The lowest BCUT2D eigenvalue weighted by molar-refractivity contribution is 0.580. The fraction of sp³-hybridized carbons (Fsp3) is 0.357. The summed E-state index contributed by atoms with van der Waals surface area (Å²) in [6, 6.07) is 5.33. The van der Waals surface area contributed by atoms with Crippen molar-refractivity contribution in [3.8, 4) is 0 Å². The number of aromatic nitrogens is 1. The molecule has 0 aliphatic rings. The Morgan fingerprint density at radius 1 is 1.24 bits per heavy atom. The van der Waals surface area contributed by atoms with Gasteiger partial charge < -0.3 is 5.32 Å². The minimum absolute atomic E-state index is 0.272. The molecule has 0 bridgehead atoms. The summed E-state index contributed by atoms with van der Waals surface area (Å²) >= 11 is 1.45. The molecule has 2 N–H and O–H groups in total. The molecule has 0 aliphatic heterocycles. The van der Waals surface area contributed by atoms with E-state index in [2.05, 4.69) is 15.0 Å². The first kappa shape index (κ1) is 16.1. The smallest absolute Gasteiger partial charge is 0.241 e. The molecule has 0 aliphatic carbocycles.